The predicted octanol–water partition coefficient (Wildman–Crippen LogP) is 4.39. The number of ether oxygens (including phenoxy) is 2. The van der Waals surface area contributed by atoms with Gasteiger partial charge in [0.15, 0.2) is 5.54 Å². The van der Waals surface area contributed by atoms with Gasteiger partial charge in [-0.1, -0.05) is 91.0 Å². The third-order valence-electron chi connectivity index (χ3n) is 10.5. The van der Waals surface area contributed by atoms with Gasteiger partial charge in [-0.15, -0.1) is 0 Å². The molecule has 1 saturated heterocycles. The molecule has 1 aliphatic heterocycles. The molecule has 54 heavy (non-hydrogen) atoms. The summed E-state index contributed by atoms with van der Waals surface area (Å²) in [5, 5.41) is 29.9. The number of amides is 4. The molecule has 0 unspecified atom stereocenters. The van der Waals surface area contributed by atoms with Gasteiger partial charge in [0, 0.05) is 39.8 Å². The zero-order valence-electron chi connectivity index (χ0n) is 30.0. The van der Waals surface area contributed by atoms with Crippen LogP contribution >= 0.6 is 22.6 Å². The van der Waals surface area contributed by atoms with Crippen LogP contribution in [0.3, 0.4) is 0 Å². The molecule has 13 nitrogen and oxygen atoms in total. The molecule has 2 fully saturated rings. The van der Waals surface area contributed by atoms with Gasteiger partial charge in [0.25, 0.3) is 0 Å². The van der Waals surface area contributed by atoms with E-state index in [4.69, 9.17) is 14.5 Å². The molecule has 0 bridgehead atoms. The summed E-state index contributed by atoms with van der Waals surface area (Å²) in [6, 6.07) is 20.9. The number of benzene rings is 3. The molecule has 1 saturated carbocycles. The standard InChI is InChI=1S/C40H42IN5O8/c1-21(2)34(37(49)43-35-26-12-8-7-11-23(26)15-31(35)47)44-39(52)46-20-25(17-30(46)36(48)45-40(38(50)51)19-33(40)41)54-32-18-28(22-9-5-4-6-10-22)42-29-16-24(53-3)13-14-27(29)32/h4-14,16,18,21,25,30-31,33-35,47H,15,17,19-20H2,1-3H3,(H,43,49)(H,44,52)(H,45,48)(H,50,51)/t25-,30+,31-,33-,34+,35+,40-/m1/s1. The van der Waals surface area contributed by atoms with E-state index in [1.54, 1.807) is 33.1 Å². The fraction of sp³-hybridized carbons (Fsp3) is 0.375. The highest BCUT2D eigenvalue weighted by atomic mass is 127. The van der Waals surface area contributed by atoms with Gasteiger partial charge in [-0.3, -0.25) is 9.59 Å². The maximum Gasteiger partial charge on any atom is 0.330 e. The summed E-state index contributed by atoms with van der Waals surface area (Å²) in [5.74, 6) is -1.50. The van der Waals surface area contributed by atoms with Crippen molar-refractivity contribution in [3.63, 3.8) is 0 Å². The number of carbonyl (C=O) groups is 4. The average Bonchev–Trinajstić information content (AvgIpc) is 3.46. The Morgan fingerprint density at radius 3 is 2.43 bits per heavy atom. The van der Waals surface area contributed by atoms with E-state index < -0.39 is 59.7 Å². The van der Waals surface area contributed by atoms with Crippen molar-refractivity contribution in [2.24, 2.45) is 5.92 Å². The number of aliphatic carboxylic acids is 1. The lowest BCUT2D eigenvalue weighted by Crippen LogP contribution is -2.58. The van der Waals surface area contributed by atoms with Crippen LogP contribution in [0.4, 0.5) is 4.79 Å². The third kappa shape index (κ3) is 7.28. The van der Waals surface area contributed by atoms with Crippen LogP contribution in [0.15, 0.2) is 78.9 Å². The summed E-state index contributed by atoms with van der Waals surface area (Å²) >= 11 is 2.00. The van der Waals surface area contributed by atoms with Crippen LogP contribution in [0, 0.1) is 5.92 Å². The molecule has 2 heterocycles. The summed E-state index contributed by atoms with van der Waals surface area (Å²) in [6.07, 6.45) is -0.791. The number of methoxy groups -OCH3 is 1. The lowest BCUT2D eigenvalue weighted by atomic mass is 10.0. The van der Waals surface area contributed by atoms with Gasteiger partial charge >= 0.3 is 12.0 Å². The van der Waals surface area contributed by atoms with Crippen molar-refractivity contribution >= 4 is 57.3 Å². The molecule has 4 aromatic rings. The van der Waals surface area contributed by atoms with Gasteiger partial charge in [0.1, 0.15) is 29.7 Å². The van der Waals surface area contributed by atoms with Crippen LogP contribution in [0.5, 0.6) is 11.5 Å². The number of halogens is 1. The Kier molecular flexibility index (Phi) is 10.4. The van der Waals surface area contributed by atoms with E-state index in [0.717, 1.165) is 16.7 Å². The average molecular weight is 848 g/mol. The van der Waals surface area contributed by atoms with E-state index in [9.17, 15) is 29.4 Å². The third-order valence-corrected chi connectivity index (χ3v) is 12.0. The molecule has 7 rings (SSSR count). The topological polar surface area (TPSA) is 179 Å². The molecule has 3 aromatic carbocycles. The first-order chi connectivity index (χ1) is 25.9. The Morgan fingerprint density at radius 2 is 1.74 bits per heavy atom. The van der Waals surface area contributed by atoms with E-state index in [1.165, 1.54) is 4.90 Å². The van der Waals surface area contributed by atoms with E-state index in [2.05, 4.69) is 16.0 Å². The minimum atomic E-state index is -1.43. The van der Waals surface area contributed by atoms with Crippen LogP contribution in [0.2, 0.25) is 0 Å². The number of carbonyl (C=O) groups excluding carboxylic acids is 3. The first kappa shape index (κ1) is 37.4. The Labute approximate surface area is 325 Å². The summed E-state index contributed by atoms with van der Waals surface area (Å²) in [5.41, 5.74) is 2.47. The number of carboxylic acids is 1. The fourth-order valence-electron chi connectivity index (χ4n) is 7.37. The van der Waals surface area contributed by atoms with Gasteiger partial charge in [-0.05, 0) is 35.6 Å². The fourth-order valence-corrected chi connectivity index (χ4v) is 8.48. The van der Waals surface area contributed by atoms with Gasteiger partial charge < -0.3 is 40.5 Å². The maximum absolute atomic E-state index is 14.2. The van der Waals surface area contributed by atoms with Crippen LogP contribution in [-0.2, 0) is 20.8 Å². The molecule has 1 aromatic heterocycles. The Hall–Kier alpha value is -4.96. The number of urea groups is 1. The van der Waals surface area contributed by atoms with Gasteiger partial charge in [0.2, 0.25) is 11.8 Å². The van der Waals surface area contributed by atoms with Crippen molar-refractivity contribution < 1.29 is 38.9 Å². The number of fused-ring (bicyclic) bond motifs is 2. The molecule has 7 atom stereocenters. The van der Waals surface area contributed by atoms with E-state index >= 15 is 0 Å². The number of nitrogens with zero attached hydrogens (tertiary/aromatic N) is 2. The number of carboxylic acid groups (broad SMARTS) is 1. The maximum atomic E-state index is 14.2. The summed E-state index contributed by atoms with van der Waals surface area (Å²) in [7, 11) is 1.57. The minimum absolute atomic E-state index is 0.0283. The molecule has 0 spiro atoms. The van der Waals surface area contributed by atoms with Crippen molar-refractivity contribution in [1.82, 2.24) is 25.8 Å². The Morgan fingerprint density at radius 1 is 1.02 bits per heavy atom. The summed E-state index contributed by atoms with van der Waals surface area (Å²) in [6.45, 7) is 3.56. The van der Waals surface area contributed by atoms with Crippen molar-refractivity contribution in [1.29, 1.82) is 0 Å². The number of aromatic nitrogens is 1. The van der Waals surface area contributed by atoms with Crippen molar-refractivity contribution in [3.8, 4) is 22.8 Å². The highest BCUT2D eigenvalue weighted by molar-refractivity contribution is 14.1. The number of aliphatic hydroxyl groups excluding tert-OH is 1. The number of pyridine rings is 1. The van der Waals surface area contributed by atoms with E-state index in [-0.39, 0.29) is 29.2 Å². The monoisotopic (exact) mass is 847 g/mol. The Balaban J connectivity index is 1.16. The lowest BCUT2D eigenvalue weighted by molar-refractivity contribution is -0.143. The number of likely N-dealkylation sites (tertiary alicyclic amines) is 1. The molecular weight excluding hydrogens is 805 g/mol. The molecule has 14 heteroatoms. The lowest BCUT2D eigenvalue weighted by Gasteiger charge is -2.30. The van der Waals surface area contributed by atoms with Gasteiger partial charge in [-0.2, -0.15) is 0 Å². The smallest absolute Gasteiger partial charge is 0.330 e. The van der Waals surface area contributed by atoms with Crippen LogP contribution < -0.4 is 25.4 Å². The summed E-state index contributed by atoms with van der Waals surface area (Å²) < 4.78 is 11.8. The molecule has 4 amide bonds. The number of hydrogen-bond acceptors (Lipinski definition) is 8. The number of alkyl halides is 1. The molecule has 282 valence electrons. The van der Waals surface area contributed by atoms with Crippen LogP contribution in [-0.4, -0.2) is 91.3 Å². The predicted molar refractivity (Wildman–Crippen MR) is 208 cm³/mol. The molecular formula is C40H42IN5O8. The van der Waals surface area contributed by atoms with Crippen LogP contribution in [0.25, 0.3) is 22.2 Å². The van der Waals surface area contributed by atoms with Crippen molar-refractivity contribution in [3.05, 3.63) is 90.0 Å². The number of hydrogen-bond donors (Lipinski definition) is 5. The van der Waals surface area contributed by atoms with E-state index in [0.29, 0.717) is 34.5 Å². The first-order valence-corrected chi connectivity index (χ1v) is 19.2. The second kappa shape index (κ2) is 15.1. The van der Waals surface area contributed by atoms with Crippen LogP contribution in [0.1, 0.15) is 43.9 Å². The zero-order valence-corrected chi connectivity index (χ0v) is 32.1. The SMILES string of the molecule is COc1ccc2c(O[C@@H]3C[C@@H](C(=O)N[C@]4(C(=O)O)C[C@H]4I)N(C(=O)N[C@H](C(=O)N[C@H]4c5ccccc5C[C@H]4O)C(C)C)C3)cc(-c3ccccc3)nc2c1. The largest absolute Gasteiger partial charge is 0.497 e. The molecule has 5 N–H and O–H groups in total. The molecule has 3 aliphatic rings. The second-order valence-corrected chi connectivity index (χ2v) is 16.0. The first-order valence-electron chi connectivity index (χ1n) is 17.9. The molecule has 2 aliphatic carbocycles. The van der Waals surface area contributed by atoms with E-state index in [1.807, 2.05) is 89.3 Å². The normalized spacial score (nSPS) is 24.8. The van der Waals surface area contributed by atoms with Crippen molar-refractivity contribution in [2.75, 3.05) is 13.7 Å². The second-order valence-electron chi connectivity index (χ2n) is 14.5. The number of rotatable bonds is 11. The van der Waals surface area contributed by atoms with Gasteiger partial charge in [-0.25, -0.2) is 14.6 Å². The van der Waals surface area contributed by atoms with Crippen molar-refractivity contribution in [2.45, 2.75) is 72.9 Å². The highest BCUT2D eigenvalue weighted by Crippen LogP contribution is 2.44. The zero-order chi connectivity index (χ0) is 38.3. The molecule has 0 radical (unpaired) electrons. The van der Waals surface area contributed by atoms with Gasteiger partial charge in [0.05, 0.1) is 37.0 Å². The quantitative estimate of drug-likeness (QED) is 0.108. The highest BCUT2D eigenvalue weighted by Gasteiger charge is 2.61. The Bertz CT molecular complexity index is 2100. The number of nitrogens with one attached hydrogen (secondary N) is 3. The summed E-state index contributed by atoms with van der Waals surface area (Å²) in [4.78, 5) is 60.3. The number of aliphatic hydroxyl groups is 1. The minimum Gasteiger partial charge on any atom is -0.497 e.